The van der Waals surface area contributed by atoms with Crippen molar-refractivity contribution in [2.75, 3.05) is 0 Å². The third-order valence-electron chi connectivity index (χ3n) is 2.24. The predicted octanol–water partition coefficient (Wildman–Crippen LogP) is 3.63. The summed E-state index contributed by atoms with van der Waals surface area (Å²) in [6.07, 6.45) is 0. The normalized spacial score (nSPS) is 14.1. The van der Waals surface area contributed by atoms with Gasteiger partial charge in [0.1, 0.15) is 5.82 Å². The van der Waals surface area contributed by atoms with Crippen molar-refractivity contribution >= 4 is 15.9 Å². The standard InChI is InChI=1S/C11H15BrFN/c1-11(2,3)10(14)7-4-5-9(13)8(12)6-7/h4-6,10H,14H2,1-3H3/t10-/m1/s1. The van der Waals surface area contributed by atoms with Crippen molar-refractivity contribution < 1.29 is 4.39 Å². The number of benzene rings is 1. The Bertz CT molecular complexity index is 331. The molecule has 0 saturated carbocycles. The SMILES string of the molecule is CC(C)(C)[C@H](N)c1ccc(F)c(Br)c1. The molecule has 78 valence electrons. The molecule has 1 aromatic carbocycles. The van der Waals surface area contributed by atoms with Crippen LogP contribution in [0.25, 0.3) is 0 Å². The van der Waals surface area contributed by atoms with Crippen LogP contribution in [0.5, 0.6) is 0 Å². The number of halogens is 2. The zero-order valence-corrected chi connectivity index (χ0v) is 10.2. The summed E-state index contributed by atoms with van der Waals surface area (Å²) in [5.41, 5.74) is 6.98. The van der Waals surface area contributed by atoms with E-state index < -0.39 is 0 Å². The molecule has 0 aliphatic carbocycles. The van der Waals surface area contributed by atoms with Crippen LogP contribution in [-0.4, -0.2) is 0 Å². The van der Waals surface area contributed by atoms with Crippen molar-refractivity contribution in [3.63, 3.8) is 0 Å². The van der Waals surface area contributed by atoms with Gasteiger partial charge in [0.15, 0.2) is 0 Å². The van der Waals surface area contributed by atoms with Crippen LogP contribution in [-0.2, 0) is 0 Å². The Morgan fingerprint density at radius 2 is 1.93 bits per heavy atom. The van der Waals surface area contributed by atoms with Crippen LogP contribution < -0.4 is 5.73 Å². The maximum Gasteiger partial charge on any atom is 0.137 e. The largest absolute Gasteiger partial charge is 0.324 e. The molecular weight excluding hydrogens is 245 g/mol. The van der Waals surface area contributed by atoms with Crippen molar-refractivity contribution in [2.45, 2.75) is 26.8 Å². The third kappa shape index (κ3) is 2.55. The van der Waals surface area contributed by atoms with Crippen LogP contribution in [0.3, 0.4) is 0 Å². The Labute approximate surface area is 92.6 Å². The molecule has 1 aromatic rings. The molecule has 14 heavy (non-hydrogen) atoms. The van der Waals surface area contributed by atoms with Crippen LogP contribution in [0, 0.1) is 11.2 Å². The first-order chi connectivity index (χ1) is 6.32. The van der Waals surface area contributed by atoms with Gasteiger partial charge in [-0.1, -0.05) is 26.8 Å². The van der Waals surface area contributed by atoms with Gasteiger partial charge in [-0.2, -0.15) is 0 Å². The summed E-state index contributed by atoms with van der Waals surface area (Å²) >= 11 is 3.15. The Morgan fingerprint density at radius 1 is 1.36 bits per heavy atom. The molecule has 0 heterocycles. The summed E-state index contributed by atoms with van der Waals surface area (Å²) in [7, 11) is 0. The van der Waals surface area contributed by atoms with Gasteiger partial charge < -0.3 is 5.73 Å². The van der Waals surface area contributed by atoms with Crippen LogP contribution in [0.1, 0.15) is 32.4 Å². The lowest BCUT2D eigenvalue weighted by molar-refractivity contribution is 0.326. The molecule has 0 spiro atoms. The minimum atomic E-state index is -0.255. The van der Waals surface area contributed by atoms with E-state index in [0.29, 0.717) is 4.47 Å². The van der Waals surface area contributed by atoms with Gasteiger partial charge in [-0.15, -0.1) is 0 Å². The maximum absolute atomic E-state index is 13.0. The fourth-order valence-corrected chi connectivity index (χ4v) is 1.60. The van der Waals surface area contributed by atoms with Crippen LogP contribution >= 0.6 is 15.9 Å². The predicted molar refractivity (Wildman–Crippen MR) is 60.5 cm³/mol. The molecule has 0 bridgehead atoms. The van der Waals surface area contributed by atoms with Gasteiger partial charge in [0.05, 0.1) is 4.47 Å². The zero-order valence-electron chi connectivity index (χ0n) is 8.64. The summed E-state index contributed by atoms with van der Waals surface area (Å²) in [6.45, 7) is 6.19. The van der Waals surface area contributed by atoms with E-state index in [0.717, 1.165) is 5.56 Å². The number of hydrogen-bond donors (Lipinski definition) is 1. The highest BCUT2D eigenvalue weighted by atomic mass is 79.9. The van der Waals surface area contributed by atoms with Gasteiger partial charge in [0, 0.05) is 6.04 Å². The van der Waals surface area contributed by atoms with E-state index in [2.05, 4.69) is 36.7 Å². The molecule has 1 atom stereocenters. The molecule has 0 aliphatic rings. The lowest BCUT2D eigenvalue weighted by Gasteiger charge is -2.27. The summed E-state index contributed by atoms with van der Waals surface area (Å²) in [5.74, 6) is -0.255. The molecular formula is C11H15BrFN. The summed E-state index contributed by atoms with van der Waals surface area (Å²) < 4.78 is 13.4. The molecule has 0 amide bonds. The van der Waals surface area contributed by atoms with Crippen molar-refractivity contribution in [3.05, 3.63) is 34.1 Å². The minimum absolute atomic E-state index is 0.0166. The highest BCUT2D eigenvalue weighted by molar-refractivity contribution is 9.10. The van der Waals surface area contributed by atoms with E-state index in [-0.39, 0.29) is 17.3 Å². The molecule has 0 fully saturated rings. The summed E-state index contributed by atoms with van der Waals surface area (Å²) in [5, 5.41) is 0. The first kappa shape index (κ1) is 11.7. The van der Waals surface area contributed by atoms with E-state index in [9.17, 15) is 4.39 Å². The second-order valence-corrected chi connectivity index (χ2v) is 5.37. The van der Waals surface area contributed by atoms with E-state index in [1.165, 1.54) is 6.07 Å². The first-order valence-corrected chi connectivity index (χ1v) is 5.32. The van der Waals surface area contributed by atoms with Gasteiger partial charge in [0.25, 0.3) is 0 Å². The molecule has 3 heteroatoms. The highest BCUT2D eigenvalue weighted by Gasteiger charge is 2.22. The molecule has 0 aliphatic heterocycles. The van der Waals surface area contributed by atoms with Crippen molar-refractivity contribution in [1.82, 2.24) is 0 Å². The average Bonchev–Trinajstić information content (AvgIpc) is 2.07. The van der Waals surface area contributed by atoms with Gasteiger partial charge in [-0.25, -0.2) is 4.39 Å². The second kappa shape index (κ2) is 3.99. The lowest BCUT2D eigenvalue weighted by Crippen LogP contribution is -2.26. The van der Waals surface area contributed by atoms with Crippen molar-refractivity contribution in [1.29, 1.82) is 0 Å². The molecule has 1 nitrogen and oxygen atoms in total. The lowest BCUT2D eigenvalue weighted by atomic mass is 9.83. The average molecular weight is 260 g/mol. The number of hydrogen-bond acceptors (Lipinski definition) is 1. The van der Waals surface area contributed by atoms with Crippen LogP contribution in [0.2, 0.25) is 0 Å². The third-order valence-corrected chi connectivity index (χ3v) is 2.84. The molecule has 0 radical (unpaired) electrons. The van der Waals surface area contributed by atoms with Gasteiger partial charge in [0.2, 0.25) is 0 Å². The monoisotopic (exact) mass is 259 g/mol. The number of nitrogens with two attached hydrogens (primary N) is 1. The minimum Gasteiger partial charge on any atom is -0.324 e. The molecule has 0 saturated heterocycles. The Kier molecular flexibility index (Phi) is 3.32. The Hall–Kier alpha value is -0.410. The zero-order chi connectivity index (χ0) is 10.9. The Morgan fingerprint density at radius 3 is 2.36 bits per heavy atom. The highest BCUT2D eigenvalue weighted by Crippen LogP contribution is 2.32. The number of rotatable bonds is 1. The smallest absolute Gasteiger partial charge is 0.137 e. The summed E-state index contributed by atoms with van der Waals surface area (Å²) in [4.78, 5) is 0. The topological polar surface area (TPSA) is 26.0 Å². The van der Waals surface area contributed by atoms with E-state index in [4.69, 9.17) is 5.73 Å². The van der Waals surface area contributed by atoms with Gasteiger partial charge >= 0.3 is 0 Å². The van der Waals surface area contributed by atoms with E-state index >= 15 is 0 Å². The summed E-state index contributed by atoms with van der Waals surface area (Å²) in [6, 6.07) is 4.83. The molecule has 0 unspecified atom stereocenters. The first-order valence-electron chi connectivity index (χ1n) is 4.53. The van der Waals surface area contributed by atoms with E-state index in [1.807, 2.05) is 0 Å². The fraction of sp³-hybridized carbons (Fsp3) is 0.455. The quantitative estimate of drug-likeness (QED) is 0.819. The fourth-order valence-electron chi connectivity index (χ4n) is 1.21. The second-order valence-electron chi connectivity index (χ2n) is 4.52. The van der Waals surface area contributed by atoms with Crippen molar-refractivity contribution in [3.8, 4) is 0 Å². The van der Waals surface area contributed by atoms with Gasteiger partial charge in [-0.05, 0) is 39.0 Å². The van der Waals surface area contributed by atoms with E-state index in [1.54, 1.807) is 12.1 Å². The Balaban J connectivity index is 3.03. The van der Waals surface area contributed by atoms with Crippen molar-refractivity contribution in [2.24, 2.45) is 11.1 Å². The van der Waals surface area contributed by atoms with Gasteiger partial charge in [-0.3, -0.25) is 0 Å². The molecule has 2 N–H and O–H groups in total. The van der Waals surface area contributed by atoms with Crippen LogP contribution in [0.4, 0.5) is 4.39 Å². The van der Waals surface area contributed by atoms with Crippen LogP contribution in [0.15, 0.2) is 22.7 Å². The molecule has 1 rings (SSSR count). The molecule has 0 aromatic heterocycles. The maximum atomic E-state index is 13.0.